The standard InChI is InChI=1S/C22H22BrCl2NO3/c1-4-28-22(27)21-16(17-10-14(24)11-18(23)20(17)26-21)6-5-7-29-15-8-12(2)19(25)13(3)9-15/h8-11,26H,4-7H2,1-3H3. The van der Waals surface area contributed by atoms with E-state index < -0.39 is 0 Å². The lowest BCUT2D eigenvalue weighted by atomic mass is 10.1. The Bertz CT molecular complexity index is 1040. The average molecular weight is 499 g/mol. The number of ether oxygens (including phenoxy) is 2. The third-order valence-corrected chi connectivity index (χ3v) is 6.10. The van der Waals surface area contributed by atoms with E-state index >= 15 is 0 Å². The molecule has 0 aliphatic carbocycles. The van der Waals surface area contributed by atoms with Gasteiger partial charge >= 0.3 is 5.97 Å². The van der Waals surface area contributed by atoms with E-state index in [2.05, 4.69) is 20.9 Å². The summed E-state index contributed by atoms with van der Waals surface area (Å²) < 4.78 is 11.9. The number of esters is 1. The molecule has 1 heterocycles. The predicted octanol–water partition coefficient (Wildman–Crippen LogP) is 7.04. The van der Waals surface area contributed by atoms with Crippen molar-refractivity contribution in [3.05, 3.63) is 61.2 Å². The second kappa shape index (κ2) is 9.41. The van der Waals surface area contributed by atoms with Crippen LogP contribution < -0.4 is 4.74 Å². The number of benzene rings is 2. The predicted molar refractivity (Wildman–Crippen MR) is 122 cm³/mol. The van der Waals surface area contributed by atoms with Crippen LogP contribution in [0.5, 0.6) is 5.75 Å². The van der Waals surface area contributed by atoms with Crippen LogP contribution in [0, 0.1) is 13.8 Å². The summed E-state index contributed by atoms with van der Waals surface area (Å²) in [4.78, 5) is 15.6. The highest BCUT2D eigenvalue weighted by molar-refractivity contribution is 9.10. The van der Waals surface area contributed by atoms with Crippen LogP contribution in [0.4, 0.5) is 0 Å². The van der Waals surface area contributed by atoms with E-state index in [-0.39, 0.29) is 5.97 Å². The maximum Gasteiger partial charge on any atom is 0.355 e. The molecule has 0 aliphatic heterocycles. The molecule has 0 aliphatic rings. The molecule has 7 heteroatoms. The average Bonchev–Trinajstić information content (AvgIpc) is 3.02. The fourth-order valence-electron chi connectivity index (χ4n) is 3.34. The van der Waals surface area contributed by atoms with Crippen molar-refractivity contribution >= 4 is 56.0 Å². The van der Waals surface area contributed by atoms with Crippen LogP contribution in [0.15, 0.2) is 28.7 Å². The van der Waals surface area contributed by atoms with Crippen LogP contribution in [-0.4, -0.2) is 24.2 Å². The molecule has 0 spiro atoms. The summed E-state index contributed by atoms with van der Waals surface area (Å²) in [6.45, 7) is 6.53. The van der Waals surface area contributed by atoms with Crippen molar-refractivity contribution in [3.8, 4) is 5.75 Å². The molecule has 2 aromatic carbocycles. The Morgan fingerprint density at radius 2 is 1.83 bits per heavy atom. The van der Waals surface area contributed by atoms with E-state index in [0.717, 1.165) is 49.3 Å². The zero-order chi connectivity index (χ0) is 21.1. The molecule has 0 unspecified atom stereocenters. The molecule has 3 aromatic rings. The summed E-state index contributed by atoms with van der Waals surface area (Å²) in [6, 6.07) is 7.53. The SMILES string of the molecule is CCOC(=O)c1[nH]c2c(Br)cc(Cl)cc2c1CCCOc1cc(C)c(Cl)c(C)c1. The van der Waals surface area contributed by atoms with Crippen molar-refractivity contribution in [1.82, 2.24) is 4.98 Å². The molecule has 29 heavy (non-hydrogen) atoms. The minimum absolute atomic E-state index is 0.313. The third-order valence-electron chi connectivity index (χ3n) is 4.66. The smallest absolute Gasteiger partial charge is 0.355 e. The van der Waals surface area contributed by atoms with Gasteiger partial charge in [-0.15, -0.1) is 0 Å². The molecule has 0 saturated carbocycles. The maximum absolute atomic E-state index is 12.4. The van der Waals surface area contributed by atoms with Crippen LogP contribution in [0.25, 0.3) is 10.9 Å². The van der Waals surface area contributed by atoms with E-state index in [1.165, 1.54) is 0 Å². The first-order chi connectivity index (χ1) is 13.8. The number of aromatic amines is 1. The summed E-state index contributed by atoms with van der Waals surface area (Å²) in [6.07, 6.45) is 1.37. The van der Waals surface area contributed by atoms with Gasteiger partial charge in [0.05, 0.1) is 18.7 Å². The highest BCUT2D eigenvalue weighted by Crippen LogP contribution is 2.33. The Kier molecular flexibility index (Phi) is 7.14. The summed E-state index contributed by atoms with van der Waals surface area (Å²) in [5.41, 5.74) is 4.15. The van der Waals surface area contributed by atoms with E-state index in [0.29, 0.717) is 30.4 Å². The molecule has 4 nitrogen and oxygen atoms in total. The minimum Gasteiger partial charge on any atom is -0.494 e. The van der Waals surface area contributed by atoms with Gasteiger partial charge in [0.25, 0.3) is 0 Å². The lowest BCUT2D eigenvalue weighted by Gasteiger charge is -2.10. The lowest BCUT2D eigenvalue weighted by molar-refractivity contribution is 0.0519. The molecular formula is C22H22BrCl2NO3. The number of hydrogen-bond donors (Lipinski definition) is 1. The number of carbonyl (C=O) groups excluding carboxylic acids is 1. The summed E-state index contributed by atoms with van der Waals surface area (Å²) in [5, 5.41) is 2.27. The van der Waals surface area contributed by atoms with Gasteiger partial charge in [-0.1, -0.05) is 23.2 Å². The fraction of sp³-hybridized carbons (Fsp3) is 0.318. The summed E-state index contributed by atoms with van der Waals surface area (Å²) in [7, 11) is 0. The van der Waals surface area contributed by atoms with Gasteiger partial charge in [0.15, 0.2) is 0 Å². The number of nitrogens with one attached hydrogen (secondary N) is 1. The van der Waals surface area contributed by atoms with Gasteiger partial charge in [0.1, 0.15) is 11.4 Å². The Labute approximate surface area is 188 Å². The van der Waals surface area contributed by atoms with Gasteiger partial charge in [-0.25, -0.2) is 4.79 Å². The number of carbonyl (C=O) groups is 1. The highest BCUT2D eigenvalue weighted by atomic mass is 79.9. The van der Waals surface area contributed by atoms with Gasteiger partial charge in [-0.3, -0.25) is 0 Å². The largest absolute Gasteiger partial charge is 0.494 e. The van der Waals surface area contributed by atoms with Crippen molar-refractivity contribution in [2.45, 2.75) is 33.6 Å². The zero-order valence-electron chi connectivity index (χ0n) is 16.5. The maximum atomic E-state index is 12.4. The first kappa shape index (κ1) is 22.0. The van der Waals surface area contributed by atoms with Crippen LogP contribution in [0.3, 0.4) is 0 Å². The van der Waals surface area contributed by atoms with Gasteiger partial charge in [-0.2, -0.15) is 0 Å². The molecule has 3 rings (SSSR count). The third kappa shape index (κ3) is 4.90. The Morgan fingerprint density at radius 1 is 1.14 bits per heavy atom. The van der Waals surface area contributed by atoms with E-state index in [4.69, 9.17) is 32.7 Å². The number of aryl methyl sites for hydroxylation is 3. The number of rotatable bonds is 7. The monoisotopic (exact) mass is 497 g/mol. The normalized spacial score (nSPS) is 11.1. The van der Waals surface area contributed by atoms with Gasteiger partial charge in [0.2, 0.25) is 0 Å². The molecule has 1 N–H and O–H groups in total. The van der Waals surface area contributed by atoms with Crippen molar-refractivity contribution in [1.29, 1.82) is 0 Å². The fourth-order valence-corrected chi connectivity index (χ4v) is 4.36. The van der Waals surface area contributed by atoms with Crippen LogP contribution in [0.1, 0.15) is 40.5 Å². The molecule has 154 valence electrons. The topological polar surface area (TPSA) is 51.3 Å². The van der Waals surface area contributed by atoms with E-state index in [1.807, 2.05) is 32.0 Å². The number of hydrogen-bond acceptors (Lipinski definition) is 3. The number of fused-ring (bicyclic) bond motifs is 1. The molecule has 1 aromatic heterocycles. The molecule has 0 atom stereocenters. The van der Waals surface area contributed by atoms with E-state index in [1.54, 1.807) is 13.0 Å². The molecule has 0 radical (unpaired) electrons. The Morgan fingerprint density at radius 3 is 2.48 bits per heavy atom. The van der Waals surface area contributed by atoms with Crippen molar-refractivity contribution in [2.24, 2.45) is 0 Å². The van der Waals surface area contributed by atoms with Gasteiger partial charge < -0.3 is 14.5 Å². The lowest BCUT2D eigenvalue weighted by Crippen LogP contribution is -2.09. The Balaban J connectivity index is 1.80. The van der Waals surface area contributed by atoms with Crippen LogP contribution >= 0.6 is 39.1 Å². The summed E-state index contributed by atoms with van der Waals surface area (Å²) >= 11 is 16.0. The van der Waals surface area contributed by atoms with Crippen molar-refractivity contribution in [2.75, 3.05) is 13.2 Å². The molecule has 0 bridgehead atoms. The van der Waals surface area contributed by atoms with E-state index in [9.17, 15) is 4.79 Å². The number of H-pyrrole nitrogens is 1. The number of halogens is 3. The second-order valence-electron chi connectivity index (χ2n) is 6.83. The number of aromatic nitrogens is 1. The van der Waals surface area contributed by atoms with Crippen molar-refractivity contribution < 1.29 is 14.3 Å². The first-order valence-corrected chi connectivity index (χ1v) is 10.9. The van der Waals surface area contributed by atoms with Gasteiger partial charge in [0, 0.05) is 19.9 Å². The highest BCUT2D eigenvalue weighted by Gasteiger charge is 2.20. The first-order valence-electron chi connectivity index (χ1n) is 9.38. The van der Waals surface area contributed by atoms with Gasteiger partial charge in [-0.05, 0) is 90.5 Å². The van der Waals surface area contributed by atoms with Crippen molar-refractivity contribution in [3.63, 3.8) is 0 Å². The molecular weight excluding hydrogens is 477 g/mol. The quantitative estimate of drug-likeness (QED) is 0.280. The molecule has 0 amide bonds. The second-order valence-corrected chi connectivity index (χ2v) is 8.50. The molecule has 0 fully saturated rings. The van der Waals surface area contributed by atoms with Crippen LogP contribution in [0.2, 0.25) is 10.0 Å². The van der Waals surface area contributed by atoms with Crippen LogP contribution in [-0.2, 0) is 11.2 Å². The zero-order valence-corrected chi connectivity index (χ0v) is 19.6. The minimum atomic E-state index is -0.369. The Hall–Kier alpha value is -1.69. The summed E-state index contributed by atoms with van der Waals surface area (Å²) in [5.74, 6) is 0.423. The molecule has 0 saturated heterocycles.